The van der Waals surface area contributed by atoms with Gasteiger partial charge in [-0.05, 0) is 48.7 Å². The maximum absolute atomic E-state index is 12.9. The molecule has 0 unspecified atom stereocenters. The van der Waals surface area contributed by atoms with Crippen LogP contribution in [0, 0.1) is 0 Å². The van der Waals surface area contributed by atoms with Gasteiger partial charge < -0.3 is 14.0 Å². The Labute approximate surface area is 219 Å². The summed E-state index contributed by atoms with van der Waals surface area (Å²) >= 11 is 0. The van der Waals surface area contributed by atoms with Crippen LogP contribution in [0.15, 0.2) is 69.3 Å². The number of nitrogens with one attached hydrogen (secondary N) is 1. The average Bonchev–Trinajstić information content (AvgIpc) is 3.36. The second kappa shape index (κ2) is 11.0. The summed E-state index contributed by atoms with van der Waals surface area (Å²) in [5.41, 5.74) is 1.41. The maximum Gasteiger partial charge on any atom is 0.330 e. The lowest BCUT2D eigenvalue weighted by Gasteiger charge is -2.23. The first kappa shape index (κ1) is 25.9. The largest absolute Gasteiger partial charge is 0.490 e. The smallest absolute Gasteiger partial charge is 0.330 e. The number of benzene rings is 2. The number of ether oxygens (including phenoxy) is 2. The van der Waals surface area contributed by atoms with Gasteiger partial charge in [-0.15, -0.1) is 0 Å². The van der Waals surface area contributed by atoms with Crippen LogP contribution in [0.25, 0.3) is 11.2 Å². The molecule has 0 spiro atoms. The Morgan fingerprint density at radius 2 is 1.71 bits per heavy atom. The molecule has 0 saturated carbocycles. The van der Waals surface area contributed by atoms with Gasteiger partial charge in [-0.2, -0.15) is 0 Å². The van der Waals surface area contributed by atoms with E-state index >= 15 is 0 Å². The van der Waals surface area contributed by atoms with Crippen molar-refractivity contribution >= 4 is 21.0 Å². The fourth-order valence-electron chi connectivity index (χ4n) is 4.58. The Morgan fingerprint density at radius 1 is 1.03 bits per heavy atom. The van der Waals surface area contributed by atoms with Gasteiger partial charge in [0.15, 0.2) is 21.0 Å². The van der Waals surface area contributed by atoms with Gasteiger partial charge in [0.2, 0.25) is 0 Å². The SMILES string of the molecule is CCn1cnc2c1c(=O)[nH]c(=O)n2Cc1ccc(CCS(=O)(=O)c2ccc(OC3CCOCC3)cc2)cc1. The zero-order chi connectivity index (χ0) is 26.7. The summed E-state index contributed by atoms with van der Waals surface area (Å²) in [6, 6.07) is 14.0. The number of aryl methyl sites for hydroxylation is 2. The van der Waals surface area contributed by atoms with Gasteiger partial charge in [0.1, 0.15) is 11.9 Å². The van der Waals surface area contributed by atoms with Crippen molar-refractivity contribution in [2.45, 2.75) is 50.3 Å². The highest BCUT2D eigenvalue weighted by molar-refractivity contribution is 7.91. The number of hydrogen-bond donors (Lipinski definition) is 1. The first-order chi connectivity index (χ1) is 18.3. The molecule has 1 fully saturated rings. The monoisotopic (exact) mass is 538 g/mol. The second-order valence-electron chi connectivity index (χ2n) is 9.33. The van der Waals surface area contributed by atoms with Crippen molar-refractivity contribution in [3.8, 4) is 5.75 Å². The Hall–Kier alpha value is -3.70. The van der Waals surface area contributed by atoms with Crippen molar-refractivity contribution in [3.63, 3.8) is 0 Å². The Bertz CT molecular complexity index is 1630. The minimum atomic E-state index is -3.47. The first-order valence-corrected chi connectivity index (χ1v) is 14.3. The fraction of sp³-hybridized carbons (Fsp3) is 0.370. The Morgan fingerprint density at radius 3 is 2.39 bits per heavy atom. The third kappa shape index (κ3) is 5.58. The number of imidazole rings is 1. The van der Waals surface area contributed by atoms with Gasteiger partial charge in [0.25, 0.3) is 5.56 Å². The number of H-pyrrole nitrogens is 1. The molecule has 5 rings (SSSR count). The van der Waals surface area contributed by atoms with E-state index in [-0.39, 0.29) is 23.3 Å². The lowest BCUT2D eigenvalue weighted by Crippen LogP contribution is -2.31. The lowest BCUT2D eigenvalue weighted by molar-refractivity contribution is 0.0255. The zero-order valence-electron chi connectivity index (χ0n) is 21.1. The van der Waals surface area contributed by atoms with Crippen LogP contribution in [0.2, 0.25) is 0 Å². The molecule has 200 valence electrons. The van der Waals surface area contributed by atoms with E-state index in [2.05, 4.69) is 9.97 Å². The summed E-state index contributed by atoms with van der Waals surface area (Å²) in [5, 5.41) is 0. The number of aromatic amines is 1. The molecule has 0 atom stereocenters. The molecule has 2 aromatic heterocycles. The highest BCUT2D eigenvalue weighted by Gasteiger charge is 2.18. The molecule has 0 aliphatic carbocycles. The molecule has 0 bridgehead atoms. The fourth-order valence-corrected chi connectivity index (χ4v) is 5.87. The molecule has 1 aliphatic rings. The van der Waals surface area contributed by atoms with Gasteiger partial charge in [-0.25, -0.2) is 18.2 Å². The highest BCUT2D eigenvalue weighted by Crippen LogP contribution is 2.22. The van der Waals surface area contributed by atoms with Crippen LogP contribution in [0.5, 0.6) is 5.75 Å². The van der Waals surface area contributed by atoms with Gasteiger partial charge in [0.05, 0.1) is 36.7 Å². The van der Waals surface area contributed by atoms with Crippen molar-refractivity contribution < 1.29 is 17.9 Å². The molecule has 2 aromatic carbocycles. The topological polar surface area (TPSA) is 125 Å². The number of fused-ring (bicyclic) bond motifs is 1. The lowest BCUT2D eigenvalue weighted by atomic mass is 10.1. The van der Waals surface area contributed by atoms with Crippen LogP contribution in [0.3, 0.4) is 0 Å². The molecule has 4 aromatic rings. The van der Waals surface area contributed by atoms with Crippen molar-refractivity contribution in [2.75, 3.05) is 19.0 Å². The van der Waals surface area contributed by atoms with E-state index in [9.17, 15) is 18.0 Å². The second-order valence-corrected chi connectivity index (χ2v) is 11.4. The molecule has 1 saturated heterocycles. The molecule has 0 amide bonds. The zero-order valence-corrected chi connectivity index (χ0v) is 21.9. The predicted molar refractivity (Wildman–Crippen MR) is 142 cm³/mol. The minimum absolute atomic E-state index is 0.0268. The molecule has 3 heterocycles. The van der Waals surface area contributed by atoms with Crippen molar-refractivity contribution in [2.24, 2.45) is 0 Å². The van der Waals surface area contributed by atoms with Crippen LogP contribution < -0.4 is 16.0 Å². The summed E-state index contributed by atoms with van der Waals surface area (Å²) in [6.07, 6.45) is 3.65. The molecule has 0 radical (unpaired) electrons. The Balaban J connectivity index is 1.23. The number of nitrogens with zero attached hydrogens (tertiary/aromatic N) is 3. The van der Waals surface area contributed by atoms with Gasteiger partial charge in [-0.3, -0.25) is 14.3 Å². The molecule has 1 aliphatic heterocycles. The van der Waals surface area contributed by atoms with Crippen molar-refractivity contribution in [1.29, 1.82) is 0 Å². The minimum Gasteiger partial charge on any atom is -0.490 e. The first-order valence-electron chi connectivity index (χ1n) is 12.7. The van der Waals surface area contributed by atoms with E-state index in [1.165, 1.54) is 4.57 Å². The summed E-state index contributed by atoms with van der Waals surface area (Å²) < 4.78 is 40.2. The summed E-state index contributed by atoms with van der Waals surface area (Å²) in [5.74, 6) is 0.632. The number of sulfone groups is 1. The third-order valence-corrected chi connectivity index (χ3v) is 8.50. The maximum atomic E-state index is 12.9. The normalized spacial score (nSPS) is 14.7. The summed E-state index contributed by atoms with van der Waals surface area (Å²) in [4.78, 5) is 31.6. The van der Waals surface area contributed by atoms with Gasteiger partial charge >= 0.3 is 5.69 Å². The number of hydrogen-bond acceptors (Lipinski definition) is 7. The van der Waals surface area contributed by atoms with Crippen molar-refractivity contribution in [3.05, 3.63) is 86.8 Å². The standard InChI is InChI=1S/C27H30N4O6S/c1-2-30-18-28-25-24(30)26(32)29-27(33)31(25)17-20-5-3-19(4-6-20)13-16-38(34,35)23-9-7-21(8-10-23)37-22-11-14-36-15-12-22/h3-10,18,22H,2,11-17H2,1H3,(H,29,32,33). The number of rotatable bonds is 9. The number of aromatic nitrogens is 4. The van der Waals surface area contributed by atoms with Gasteiger partial charge in [0, 0.05) is 19.4 Å². The molecular formula is C27H30N4O6S. The molecule has 10 nitrogen and oxygen atoms in total. The van der Waals surface area contributed by atoms with E-state index in [1.807, 2.05) is 31.2 Å². The average molecular weight is 539 g/mol. The molecule has 1 N–H and O–H groups in total. The van der Waals surface area contributed by atoms with E-state index in [0.29, 0.717) is 43.1 Å². The summed E-state index contributed by atoms with van der Waals surface area (Å²) in [7, 11) is -3.47. The van der Waals surface area contributed by atoms with E-state index in [1.54, 1.807) is 35.2 Å². The Kier molecular flexibility index (Phi) is 7.48. The van der Waals surface area contributed by atoms with Crippen molar-refractivity contribution in [1.82, 2.24) is 19.1 Å². The third-order valence-electron chi connectivity index (χ3n) is 6.77. The van der Waals surface area contributed by atoms with Crippen LogP contribution in [-0.2, 0) is 34.1 Å². The van der Waals surface area contributed by atoms with Crippen LogP contribution in [-0.4, -0.2) is 52.6 Å². The van der Waals surface area contributed by atoms with E-state index < -0.39 is 21.1 Å². The van der Waals surface area contributed by atoms with Crippen LogP contribution >= 0.6 is 0 Å². The molecular weight excluding hydrogens is 508 g/mol. The van der Waals surface area contributed by atoms with Crippen LogP contribution in [0.1, 0.15) is 30.9 Å². The highest BCUT2D eigenvalue weighted by atomic mass is 32.2. The quantitative estimate of drug-likeness (QED) is 0.347. The van der Waals surface area contributed by atoms with E-state index in [0.717, 1.165) is 24.0 Å². The molecule has 11 heteroatoms. The van der Waals surface area contributed by atoms with Crippen LogP contribution in [0.4, 0.5) is 0 Å². The summed E-state index contributed by atoms with van der Waals surface area (Å²) in [6.45, 7) is 4.04. The molecule has 38 heavy (non-hydrogen) atoms. The van der Waals surface area contributed by atoms with Gasteiger partial charge in [-0.1, -0.05) is 24.3 Å². The van der Waals surface area contributed by atoms with E-state index in [4.69, 9.17) is 9.47 Å². The predicted octanol–water partition coefficient (Wildman–Crippen LogP) is 2.53.